The molecule has 0 aliphatic heterocycles. The lowest BCUT2D eigenvalue weighted by Gasteiger charge is -2.13. The molecule has 1 unspecified atom stereocenters. The molecule has 3 rings (SSSR count). The molecule has 2 aromatic carbocycles. The van der Waals surface area contributed by atoms with Gasteiger partial charge >= 0.3 is 0 Å². The highest BCUT2D eigenvalue weighted by molar-refractivity contribution is 9.10. The molecule has 0 aliphatic carbocycles. The first-order valence-electron chi connectivity index (χ1n) is 7.07. The van der Waals surface area contributed by atoms with Crippen LogP contribution in [0.25, 0.3) is 11.4 Å². The summed E-state index contributed by atoms with van der Waals surface area (Å²) >= 11 is 3.41. The summed E-state index contributed by atoms with van der Waals surface area (Å²) in [6.45, 7) is 2.02. The van der Waals surface area contributed by atoms with Crippen molar-refractivity contribution in [3.8, 4) is 17.1 Å². The second-order valence-corrected chi connectivity index (χ2v) is 5.71. The molecule has 0 spiro atoms. The molecule has 4 nitrogen and oxygen atoms in total. The molecule has 0 bridgehead atoms. The zero-order valence-corrected chi connectivity index (χ0v) is 13.7. The lowest BCUT2D eigenvalue weighted by Crippen LogP contribution is -2.06. The van der Waals surface area contributed by atoms with E-state index in [2.05, 4.69) is 26.1 Å². The van der Waals surface area contributed by atoms with E-state index in [9.17, 15) is 0 Å². The van der Waals surface area contributed by atoms with Crippen molar-refractivity contribution in [1.82, 2.24) is 10.1 Å². The van der Waals surface area contributed by atoms with Crippen molar-refractivity contribution in [3.05, 3.63) is 65.0 Å². The Balaban J connectivity index is 1.80. The van der Waals surface area contributed by atoms with Crippen LogP contribution < -0.4 is 4.74 Å². The minimum Gasteiger partial charge on any atom is -0.481 e. The smallest absolute Gasteiger partial charge is 0.268 e. The second-order valence-electron chi connectivity index (χ2n) is 4.79. The molecule has 112 valence electrons. The minimum absolute atomic E-state index is 0.251. The van der Waals surface area contributed by atoms with Gasteiger partial charge in [-0.25, -0.2) is 0 Å². The molecular weight excluding hydrogens is 344 g/mol. The van der Waals surface area contributed by atoms with E-state index in [1.54, 1.807) is 0 Å². The third-order valence-corrected chi connectivity index (χ3v) is 3.74. The highest BCUT2D eigenvalue weighted by Gasteiger charge is 2.19. The molecule has 1 atom stereocenters. The molecule has 22 heavy (non-hydrogen) atoms. The third kappa shape index (κ3) is 3.36. The van der Waals surface area contributed by atoms with Crippen LogP contribution in [0.15, 0.2) is 63.6 Å². The second kappa shape index (κ2) is 6.75. The summed E-state index contributed by atoms with van der Waals surface area (Å²) in [6.07, 6.45) is 0.496. The van der Waals surface area contributed by atoms with Crippen molar-refractivity contribution < 1.29 is 9.26 Å². The average molecular weight is 359 g/mol. The first-order valence-corrected chi connectivity index (χ1v) is 7.87. The maximum Gasteiger partial charge on any atom is 0.268 e. The number of hydrogen-bond donors (Lipinski definition) is 0. The monoisotopic (exact) mass is 358 g/mol. The molecule has 0 aliphatic rings. The quantitative estimate of drug-likeness (QED) is 0.641. The molecule has 0 fully saturated rings. The van der Waals surface area contributed by atoms with Gasteiger partial charge in [-0.3, -0.25) is 0 Å². The fourth-order valence-corrected chi connectivity index (χ4v) is 2.32. The van der Waals surface area contributed by atoms with Gasteiger partial charge in [-0.1, -0.05) is 46.2 Å². The summed E-state index contributed by atoms with van der Waals surface area (Å²) in [5.74, 6) is 1.85. The largest absolute Gasteiger partial charge is 0.481 e. The predicted molar refractivity (Wildman–Crippen MR) is 87.5 cm³/mol. The van der Waals surface area contributed by atoms with Gasteiger partial charge in [0.15, 0.2) is 6.10 Å². The standard InChI is InChI=1S/C17H15BrN2O2/c1-2-15(21-14-6-4-3-5-7-14)17-19-16(20-22-17)12-8-10-13(18)11-9-12/h3-11,15H,2H2,1H3. The molecule has 0 saturated heterocycles. The van der Waals surface area contributed by atoms with Crippen LogP contribution in [0.5, 0.6) is 5.75 Å². The predicted octanol–water partition coefficient (Wildman–Crippen LogP) is 5.03. The van der Waals surface area contributed by atoms with Gasteiger partial charge in [-0.05, 0) is 42.8 Å². The zero-order valence-electron chi connectivity index (χ0n) is 12.1. The first-order chi connectivity index (χ1) is 10.8. The third-order valence-electron chi connectivity index (χ3n) is 3.21. The van der Waals surface area contributed by atoms with Crippen LogP contribution in [0.2, 0.25) is 0 Å². The number of nitrogens with zero attached hydrogens (tertiary/aromatic N) is 2. The Bertz CT molecular complexity index is 726. The van der Waals surface area contributed by atoms with Gasteiger partial charge in [0.25, 0.3) is 5.89 Å². The molecule has 0 saturated carbocycles. The van der Waals surface area contributed by atoms with E-state index in [0.29, 0.717) is 11.7 Å². The highest BCUT2D eigenvalue weighted by atomic mass is 79.9. The lowest BCUT2D eigenvalue weighted by atomic mass is 10.2. The van der Waals surface area contributed by atoms with E-state index in [1.807, 2.05) is 61.5 Å². The summed E-state index contributed by atoms with van der Waals surface area (Å²) < 4.78 is 12.3. The topological polar surface area (TPSA) is 48.2 Å². The van der Waals surface area contributed by atoms with Crippen molar-refractivity contribution in [3.63, 3.8) is 0 Å². The Kier molecular flexibility index (Phi) is 4.53. The maximum atomic E-state index is 5.91. The van der Waals surface area contributed by atoms with E-state index in [0.717, 1.165) is 22.2 Å². The van der Waals surface area contributed by atoms with Crippen LogP contribution in [0.1, 0.15) is 25.3 Å². The summed E-state index contributed by atoms with van der Waals surface area (Å²) in [7, 11) is 0. The minimum atomic E-state index is -0.251. The van der Waals surface area contributed by atoms with Crippen molar-refractivity contribution >= 4 is 15.9 Å². The number of rotatable bonds is 5. The van der Waals surface area contributed by atoms with Crippen molar-refractivity contribution in [2.45, 2.75) is 19.4 Å². The van der Waals surface area contributed by atoms with Gasteiger partial charge in [0, 0.05) is 10.0 Å². The number of halogens is 1. The van der Waals surface area contributed by atoms with Gasteiger partial charge < -0.3 is 9.26 Å². The van der Waals surface area contributed by atoms with Crippen LogP contribution in [0.4, 0.5) is 0 Å². The first kappa shape index (κ1) is 14.8. The molecule has 1 aromatic heterocycles. The van der Waals surface area contributed by atoms with Gasteiger partial charge in [-0.15, -0.1) is 0 Å². The number of ether oxygens (including phenoxy) is 1. The van der Waals surface area contributed by atoms with Gasteiger partial charge in [0.1, 0.15) is 5.75 Å². The van der Waals surface area contributed by atoms with Gasteiger partial charge in [0.05, 0.1) is 0 Å². The van der Waals surface area contributed by atoms with Crippen molar-refractivity contribution in [2.24, 2.45) is 0 Å². The Morgan fingerprint density at radius 2 is 1.82 bits per heavy atom. The van der Waals surface area contributed by atoms with Crippen LogP contribution >= 0.6 is 15.9 Å². The van der Waals surface area contributed by atoms with Crippen molar-refractivity contribution in [2.75, 3.05) is 0 Å². The van der Waals surface area contributed by atoms with Crippen LogP contribution in [-0.4, -0.2) is 10.1 Å². The SMILES string of the molecule is CCC(Oc1ccccc1)c1nc(-c2ccc(Br)cc2)no1. The fourth-order valence-electron chi connectivity index (χ4n) is 2.05. The fraction of sp³-hybridized carbons (Fsp3) is 0.176. The van der Waals surface area contributed by atoms with Crippen molar-refractivity contribution in [1.29, 1.82) is 0 Å². The molecule has 0 radical (unpaired) electrons. The number of para-hydroxylation sites is 1. The Morgan fingerprint density at radius 1 is 1.09 bits per heavy atom. The number of hydrogen-bond acceptors (Lipinski definition) is 4. The van der Waals surface area contributed by atoms with E-state index >= 15 is 0 Å². The van der Waals surface area contributed by atoms with Crippen LogP contribution in [-0.2, 0) is 0 Å². The van der Waals surface area contributed by atoms with Gasteiger partial charge in [-0.2, -0.15) is 4.98 Å². The summed E-state index contributed by atoms with van der Waals surface area (Å²) in [5.41, 5.74) is 0.910. The lowest BCUT2D eigenvalue weighted by molar-refractivity contribution is 0.154. The molecule has 5 heteroatoms. The molecule has 3 aromatic rings. The normalized spacial score (nSPS) is 12.1. The van der Waals surface area contributed by atoms with E-state index in [4.69, 9.17) is 9.26 Å². The molecule has 0 amide bonds. The number of benzene rings is 2. The molecule has 1 heterocycles. The van der Waals surface area contributed by atoms with Gasteiger partial charge in [0.2, 0.25) is 5.82 Å². The Morgan fingerprint density at radius 3 is 2.50 bits per heavy atom. The number of aromatic nitrogens is 2. The molecule has 0 N–H and O–H groups in total. The average Bonchev–Trinajstić information content (AvgIpc) is 3.04. The van der Waals surface area contributed by atoms with Crippen LogP contribution in [0.3, 0.4) is 0 Å². The summed E-state index contributed by atoms with van der Waals surface area (Å²) in [6, 6.07) is 17.4. The molecular formula is C17H15BrN2O2. The highest BCUT2D eigenvalue weighted by Crippen LogP contribution is 2.26. The zero-order chi connectivity index (χ0) is 15.4. The maximum absolute atomic E-state index is 5.91. The van der Waals surface area contributed by atoms with E-state index < -0.39 is 0 Å². The van der Waals surface area contributed by atoms with Crippen LogP contribution in [0, 0.1) is 0 Å². The Labute approximate surface area is 137 Å². The van der Waals surface area contributed by atoms with E-state index in [1.165, 1.54) is 0 Å². The van der Waals surface area contributed by atoms with E-state index in [-0.39, 0.29) is 6.10 Å². The Hall–Kier alpha value is -2.14. The summed E-state index contributed by atoms with van der Waals surface area (Å²) in [4.78, 5) is 4.46. The summed E-state index contributed by atoms with van der Waals surface area (Å²) in [5, 5.41) is 4.05.